The average molecular weight is 283 g/mol. The van der Waals surface area contributed by atoms with Gasteiger partial charge in [-0.05, 0) is 44.0 Å². The van der Waals surface area contributed by atoms with Crippen LogP contribution in [0.2, 0.25) is 5.15 Å². The van der Waals surface area contributed by atoms with Gasteiger partial charge in [-0.3, -0.25) is 0 Å². The summed E-state index contributed by atoms with van der Waals surface area (Å²) >= 11 is 6.34. The molecular formula is C17H15ClN2. The van der Waals surface area contributed by atoms with Crippen molar-refractivity contribution in [1.29, 1.82) is 0 Å². The Balaban J connectivity index is 2.31. The van der Waals surface area contributed by atoms with E-state index in [1.54, 1.807) is 0 Å². The van der Waals surface area contributed by atoms with Gasteiger partial charge in [0.25, 0.3) is 0 Å². The molecule has 0 spiro atoms. The Bertz CT molecular complexity index is 789. The highest BCUT2D eigenvalue weighted by Gasteiger charge is 2.12. The molecule has 0 aliphatic carbocycles. The summed E-state index contributed by atoms with van der Waals surface area (Å²) in [5, 5.41) is 1.41. The van der Waals surface area contributed by atoms with Crippen molar-refractivity contribution in [3.8, 4) is 11.4 Å². The van der Waals surface area contributed by atoms with Crippen LogP contribution in [0, 0.1) is 20.8 Å². The fourth-order valence-electron chi connectivity index (χ4n) is 2.48. The SMILES string of the molecule is Cc1ccc2nc(-c3c(C)cccc3C)nc(Cl)c2c1. The van der Waals surface area contributed by atoms with E-state index >= 15 is 0 Å². The van der Waals surface area contributed by atoms with E-state index in [0.29, 0.717) is 11.0 Å². The first-order valence-electron chi connectivity index (χ1n) is 6.57. The molecule has 0 aliphatic heterocycles. The monoisotopic (exact) mass is 282 g/mol. The van der Waals surface area contributed by atoms with E-state index in [4.69, 9.17) is 11.6 Å². The Morgan fingerprint density at radius 3 is 2.30 bits per heavy atom. The van der Waals surface area contributed by atoms with E-state index in [0.717, 1.165) is 33.2 Å². The minimum absolute atomic E-state index is 0.511. The van der Waals surface area contributed by atoms with Gasteiger partial charge >= 0.3 is 0 Å². The summed E-state index contributed by atoms with van der Waals surface area (Å²) in [5.74, 6) is 0.696. The third-order valence-corrected chi connectivity index (χ3v) is 3.80. The van der Waals surface area contributed by atoms with Gasteiger partial charge in [0.2, 0.25) is 0 Å². The molecule has 0 N–H and O–H groups in total. The Kier molecular flexibility index (Phi) is 3.19. The standard InChI is InChI=1S/C17H15ClN2/c1-10-7-8-14-13(9-10)16(18)20-17(19-14)15-11(2)5-4-6-12(15)3/h4-9H,1-3H3. The van der Waals surface area contributed by atoms with Crippen molar-refractivity contribution >= 4 is 22.5 Å². The molecule has 2 aromatic carbocycles. The van der Waals surface area contributed by atoms with E-state index in [-0.39, 0.29) is 0 Å². The summed E-state index contributed by atoms with van der Waals surface area (Å²) in [7, 11) is 0. The van der Waals surface area contributed by atoms with Crippen molar-refractivity contribution in [2.24, 2.45) is 0 Å². The second-order valence-corrected chi connectivity index (χ2v) is 5.48. The number of hydrogen-bond acceptors (Lipinski definition) is 2. The second-order valence-electron chi connectivity index (χ2n) is 5.13. The van der Waals surface area contributed by atoms with Crippen LogP contribution in [0.25, 0.3) is 22.3 Å². The van der Waals surface area contributed by atoms with Crippen molar-refractivity contribution in [3.05, 3.63) is 58.2 Å². The van der Waals surface area contributed by atoms with Gasteiger partial charge in [0.15, 0.2) is 5.82 Å². The lowest BCUT2D eigenvalue weighted by molar-refractivity contribution is 1.20. The Morgan fingerprint density at radius 1 is 0.900 bits per heavy atom. The Labute approximate surface area is 123 Å². The summed E-state index contributed by atoms with van der Waals surface area (Å²) in [4.78, 5) is 9.16. The minimum Gasteiger partial charge on any atom is -0.228 e. The van der Waals surface area contributed by atoms with Crippen LogP contribution in [-0.2, 0) is 0 Å². The van der Waals surface area contributed by atoms with Crippen LogP contribution in [0.15, 0.2) is 36.4 Å². The summed E-state index contributed by atoms with van der Waals surface area (Å²) in [6, 6.07) is 12.2. The molecule has 1 aromatic heterocycles. The Hall–Kier alpha value is -1.93. The van der Waals surface area contributed by atoms with Crippen LogP contribution in [0.4, 0.5) is 0 Å². The topological polar surface area (TPSA) is 25.8 Å². The first kappa shape index (κ1) is 13.1. The zero-order valence-corrected chi connectivity index (χ0v) is 12.5. The van der Waals surface area contributed by atoms with E-state index < -0.39 is 0 Å². The summed E-state index contributed by atoms with van der Waals surface area (Å²) in [6.45, 7) is 6.17. The van der Waals surface area contributed by atoms with Crippen LogP contribution >= 0.6 is 11.6 Å². The molecule has 0 unspecified atom stereocenters. The lowest BCUT2D eigenvalue weighted by Gasteiger charge is -2.10. The summed E-state index contributed by atoms with van der Waals surface area (Å²) < 4.78 is 0. The number of halogens is 1. The molecular weight excluding hydrogens is 268 g/mol. The van der Waals surface area contributed by atoms with Crippen molar-refractivity contribution in [1.82, 2.24) is 9.97 Å². The van der Waals surface area contributed by atoms with Crippen molar-refractivity contribution in [2.75, 3.05) is 0 Å². The molecule has 3 aromatic rings. The van der Waals surface area contributed by atoms with Crippen LogP contribution in [-0.4, -0.2) is 9.97 Å². The summed E-state index contributed by atoms with van der Waals surface area (Å²) in [5.41, 5.74) is 5.42. The van der Waals surface area contributed by atoms with Crippen molar-refractivity contribution < 1.29 is 0 Å². The van der Waals surface area contributed by atoms with E-state index in [1.807, 2.05) is 31.2 Å². The molecule has 20 heavy (non-hydrogen) atoms. The molecule has 0 radical (unpaired) electrons. The average Bonchev–Trinajstić information content (AvgIpc) is 2.39. The first-order chi connectivity index (χ1) is 9.56. The highest BCUT2D eigenvalue weighted by Crippen LogP contribution is 2.29. The highest BCUT2D eigenvalue weighted by atomic mass is 35.5. The smallest absolute Gasteiger partial charge is 0.162 e. The molecule has 3 heteroatoms. The van der Waals surface area contributed by atoms with Gasteiger partial charge in [0, 0.05) is 10.9 Å². The molecule has 0 bridgehead atoms. The fourth-order valence-corrected chi connectivity index (χ4v) is 2.72. The predicted octanol–water partition coefficient (Wildman–Crippen LogP) is 4.88. The van der Waals surface area contributed by atoms with Crippen molar-refractivity contribution in [2.45, 2.75) is 20.8 Å². The molecule has 0 saturated heterocycles. The molecule has 100 valence electrons. The van der Waals surface area contributed by atoms with Gasteiger partial charge in [0.05, 0.1) is 5.52 Å². The lowest BCUT2D eigenvalue weighted by atomic mass is 10.0. The van der Waals surface area contributed by atoms with Gasteiger partial charge in [-0.25, -0.2) is 9.97 Å². The zero-order chi connectivity index (χ0) is 14.3. The maximum Gasteiger partial charge on any atom is 0.162 e. The number of aryl methyl sites for hydroxylation is 3. The molecule has 0 atom stereocenters. The fraction of sp³-hybridized carbons (Fsp3) is 0.176. The van der Waals surface area contributed by atoms with Gasteiger partial charge in [0.1, 0.15) is 5.15 Å². The number of hydrogen-bond donors (Lipinski definition) is 0. The molecule has 3 rings (SSSR count). The molecule has 1 heterocycles. The van der Waals surface area contributed by atoms with Crippen LogP contribution in [0.5, 0.6) is 0 Å². The van der Waals surface area contributed by atoms with Crippen LogP contribution < -0.4 is 0 Å². The third-order valence-electron chi connectivity index (χ3n) is 3.51. The predicted molar refractivity (Wildman–Crippen MR) is 84.2 cm³/mol. The number of aromatic nitrogens is 2. The largest absolute Gasteiger partial charge is 0.228 e. The lowest BCUT2D eigenvalue weighted by Crippen LogP contribution is -1.96. The summed E-state index contributed by atoms with van der Waals surface area (Å²) in [6.07, 6.45) is 0. The van der Waals surface area contributed by atoms with Gasteiger partial charge < -0.3 is 0 Å². The highest BCUT2D eigenvalue weighted by molar-refractivity contribution is 6.34. The number of nitrogens with zero attached hydrogens (tertiary/aromatic N) is 2. The van der Waals surface area contributed by atoms with Gasteiger partial charge in [-0.2, -0.15) is 0 Å². The maximum atomic E-state index is 6.34. The van der Waals surface area contributed by atoms with Crippen LogP contribution in [0.3, 0.4) is 0 Å². The van der Waals surface area contributed by atoms with E-state index in [9.17, 15) is 0 Å². The van der Waals surface area contributed by atoms with Gasteiger partial charge in [-0.1, -0.05) is 41.4 Å². The molecule has 0 amide bonds. The van der Waals surface area contributed by atoms with E-state index in [2.05, 4.69) is 35.9 Å². The number of fused-ring (bicyclic) bond motifs is 1. The zero-order valence-electron chi connectivity index (χ0n) is 11.7. The normalized spacial score (nSPS) is 11.0. The molecule has 0 fully saturated rings. The minimum atomic E-state index is 0.511. The number of benzene rings is 2. The van der Waals surface area contributed by atoms with E-state index in [1.165, 1.54) is 0 Å². The van der Waals surface area contributed by atoms with Crippen LogP contribution in [0.1, 0.15) is 16.7 Å². The molecule has 2 nitrogen and oxygen atoms in total. The van der Waals surface area contributed by atoms with Gasteiger partial charge in [-0.15, -0.1) is 0 Å². The molecule has 0 saturated carbocycles. The first-order valence-corrected chi connectivity index (χ1v) is 6.94. The quantitative estimate of drug-likeness (QED) is 0.595. The third kappa shape index (κ3) is 2.16. The molecule has 0 aliphatic rings. The number of rotatable bonds is 1. The maximum absolute atomic E-state index is 6.34. The second kappa shape index (κ2) is 4.88. The Morgan fingerprint density at radius 2 is 1.60 bits per heavy atom. The van der Waals surface area contributed by atoms with Crippen molar-refractivity contribution in [3.63, 3.8) is 0 Å².